The van der Waals surface area contributed by atoms with E-state index in [1.165, 1.54) is 0 Å². The first-order valence-electron chi connectivity index (χ1n) is 6.96. The molecule has 0 saturated carbocycles. The van der Waals surface area contributed by atoms with Crippen LogP contribution in [0, 0.1) is 5.92 Å². The molecule has 2 bridgehead atoms. The lowest BCUT2D eigenvalue weighted by atomic mass is 9.93. The zero-order valence-electron chi connectivity index (χ0n) is 10.3. The van der Waals surface area contributed by atoms with Crippen molar-refractivity contribution in [1.82, 2.24) is 10.2 Å². The normalized spacial score (nSPS) is 41.6. The Labute approximate surface area is 102 Å². The zero-order valence-corrected chi connectivity index (χ0v) is 10.3. The summed E-state index contributed by atoms with van der Waals surface area (Å²) in [4.78, 5) is 14.6. The first-order chi connectivity index (χ1) is 8.25. The molecule has 0 spiro atoms. The maximum atomic E-state index is 12.5. The Hall–Kier alpha value is -0.610. The van der Waals surface area contributed by atoms with E-state index in [0.717, 1.165) is 51.6 Å². The second-order valence-electron chi connectivity index (χ2n) is 5.80. The van der Waals surface area contributed by atoms with E-state index in [1.807, 2.05) is 0 Å². The Morgan fingerprint density at radius 2 is 1.88 bits per heavy atom. The molecule has 3 heterocycles. The summed E-state index contributed by atoms with van der Waals surface area (Å²) in [5.41, 5.74) is 0. The van der Waals surface area contributed by atoms with Crippen molar-refractivity contribution in [2.24, 2.45) is 5.92 Å². The number of amides is 1. The van der Waals surface area contributed by atoms with Crippen molar-refractivity contribution in [3.05, 3.63) is 0 Å². The summed E-state index contributed by atoms with van der Waals surface area (Å²) in [6.45, 7) is 1.90. The van der Waals surface area contributed by atoms with Crippen LogP contribution < -0.4 is 5.32 Å². The van der Waals surface area contributed by atoms with Crippen LogP contribution in [-0.2, 0) is 4.79 Å². The summed E-state index contributed by atoms with van der Waals surface area (Å²) in [5, 5.41) is 13.1. The number of hydrogen-bond donors (Lipinski definition) is 2. The monoisotopic (exact) mass is 238 g/mol. The fourth-order valence-corrected chi connectivity index (χ4v) is 3.78. The van der Waals surface area contributed by atoms with Crippen LogP contribution >= 0.6 is 0 Å². The van der Waals surface area contributed by atoms with Crippen molar-refractivity contribution < 1.29 is 9.90 Å². The summed E-state index contributed by atoms with van der Waals surface area (Å²) < 4.78 is 0. The van der Waals surface area contributed by atoms with Gasteiger partial charge in [-0.3, -0.25) is 4.79 Å². The van der Waals surface area contributed by atoms with Gasteiger partial charge in [0.15, 0.2) is 0 Å². The van der Waals surface area contributed by atoms with Gasteiger partial charge in [-0.2, -0.15) is 0 Å². The summed E-state index contributed by atoms with van der Waals surface area (Å²) in [5.74, 6) is 0.527. The third-order valence-corrected chi connectivity index (χ3v) is 4.61. The van der Waals surface area contributed by atoms with E-state index in [9.17, 15) is 9.90 Å². The molecule has 0 radical (unpaired) electrons. The predicted molar refractivity (Wildman–Crippen MR) is 64.5 cm³/mol. The van der Waals surface area contributed by atoms with Crippen LogP contribution in [-0.4, -0.2) is 47.2 Å². The molecule has 2 N–H and O–H groups in total. The minimum absolute atomic E-state index is 0.180. The van der Waals surface area contributed by atoms with Gasteiger partial charge in [0.05, 0.1) is 12.0 Å². The lowest BCUT2D eigenvalue weighted by Crippen LogP contribution is -2.52. The second-order valence-corrected chi connectivity index (χ2v) is 5.80. The molecule has 0 aliphatic carbocycles. The molecular formula is C13H22N2O2. The first-order valence-corrected chi connectivity index (χ1v) is 6.96. The van der Waals surface area contributed by atoms with E-state index < -0.39 is 0 Å². The standard InChI is InChI=1S/C13H22N2O2/c16-12-6-10-3-4-11(7-12)15(10)13(17)9-2-1-5-14-8-9/h9-12,14,16H,1-8H2/t9-,10?,11?,12?/m1/s1. The molecule has 3 aliphatic heterocycles. The molecule has 3 saturated heterocycles. The van der Waals surface area contributed by atoms with Crippen molar-refractivity contribution >= 4 is 5.91 Å². The van der Waals surface area contributed by atoms with Gasteiger partial charge in [0.1, 0.15) is 0 Å². The lowest BCUT2D eigenvalue weighted by Gasteiger charge is -2.39. The molecule has 3 atom stereocenters. The molecule has 0 aromatic carbocycles. The number of carbonyl (C=O) groups is 1. The van der Waals surface area contributed by atoms with Crippen molar-refractivity contribution in [3.8, 4) is 0 Å². The topological polar surface area (TPSA) is 52.6 Å². The number of carbonyl (C=O) groups excluding carboxylic acids is 1. The fourth-order valence-electron chi connectivity index (χ4n) is 3.78. The van der Waals surface area contributed by atoms with Gasteiger partial charge in [0.2, 0.25) is 5.91 Å². The van der Waals surface area contributed by atoms with Gasteiger partial charge in [0, 0.05) is 18.6 Å². The minimum Gasteiger partial charge on any atom is -0.393 e. The summed E-state index contributed by atoms with van der Waals surface area (Å²) in [7, 11) is 0. The summed E-state index contributed by atoms with van der Waals surface area (Å²) in [6, 6.07) is 0.636. The summed E-state index contributed by atoms with van der Waals surface area (Å²) >= 11 is 0. The minimum atomic E-state index is -0.180. The number of fused-ring (bicyclic) bond motifs is 2. The van der Waals surface area contributed by atoms with Crippen LogP contribution in [0.3, 0.4) is 0 Å². The summed E-state index contributed by atoms with van der Waals surface area (Å²) in [6.07, 6.45) is 5.74. The number of aliphatic hydroxyl groups is 1. The van der Waals surface area contributed by atoms with Gasteiger partial charge in [-0.25, -0.2) is 0 Å². The number of nitrogens with one attached hydrogen (secondary N) is 1. The van der Waals surface area contributed by atoms with Crippen molar-refractivity contribution in [3.63, 3.8) is 0 Å². The molecule has 0 aromatic rings. The predicted octanol–water partition coefficient (Wildman–Crippen LogP) is 0.500. The molecule has 1 amide bonds. The average molecular weight is 238 g/mol. The molecule has 0 aromatic heterocycles. The highest BCUT2D eigenvalue weighted by atomic mass is 16.3. The zero-order chi connectivity index (χ0) is 11.8. The van der Waals surface area contributed by atoms with Gasteiger partial charge >= 0.3 is 0 Å². The highest BCUT2D eigenvalue weighted by molar-refractivity contribution is 5.80. The van der Waals surface area contributed by atoms with Crippen LogP contribution in [0.1, 0.15) is 38.5 Å². The van der Waals surface area contributed by atoms with E-state index >= 15 is 0 Å². The Morgan fingerprint density at radius 1 is 1.18 bits per heavy atom. The third-order valence-electron chi connectivity index (χ3n) is 4.61. The first kappa shape index (κ1) is 11.5. The fraction of sp³-hybridized carbons (Fsp3) is 0.923. The van der Waals surface area contributed by atoms with Gasteiger partial charge < -0.3 is 15.3 Å². The molecule has 3 rings (SSSR count). The molecule has 96 valence electrons. The number of nitrogens with zero attached hydrogens (tertiary/aromatic N) is 1. The van der Waals surface area contributed by atoms with E-state index in [1.54, 1.807) is 0 Å². The van der Waals surface area contributed by atoms with Crippen molar-refractivity contribution in [2.45, 2.75) is 56.7 Å². The molecule has 4 nitrogen and oxygen atoms in total. The third kappa shape index (κ3) is 2.08. The van der Waals surface area contributed by atoms with Crippen molar-refractivity contribution in [2.75, 3.05) is 13.1 Å². The highest BCUT2D eigenvalue weighted by Gasteiger charge is 2.44. The molecule has 3 aliphatic rings. The Kier molecular flexibility index (Phi) is 3.09. The van der Waals surface area contributed by atoms with Gasteiger partial charge in [-0.1, -0.05) is 0 Å². The molecular weight excluding hydrogens is 216 g/mol. The smallest absolute Gasteiger partial charge is 0.227 e. The Bertz CT molecular complexity index is 288. The SMILES string of the molecule is O=C([C@@H]1CCCNC1)N1C2CCC1CC(O)C2. The van der Waals surface area contributed by atoms with Gasteiger partial charge in [-0.15, -0.1) is 0 Å². The van der Waals surface area contributed by atoms with E-state index in [0.29, 0.717) is 18.0 Å². The van der Waals surface area contributed by atoms with E-state index in [2.05, 4.69) is 10.2 Å². The second kappa shape index (κ2) is 4.58. The molecule has 2 unspecified atom stereocenters. The maximum Gasteiger partial charge on any atom is 0.227 e. The number of hydrogen-bond acceptors (Lipinski definition) is 3. The Balaban J connectivity index is 1.69. The quantitative estimate of drug-likeness (QED) is 0.699. The molecule has 17 heavy (non-hydrogen) atoms. The Morgan fingerprint density at radius 3 is 2.47 bits per heavy atom. The average Bonchev–Trinajstić information content (AvgIpc) is 2.62. The lowest BCUT2D eigenvalue weighted by molar-refractivity contribution is -0.142. The van der Waals surface area contributed by atoms with Crippen LogP contribution in [0.5, 0.6) is 0 Å². The molecule has 3 fully saturated rings. The van der Waals surface area contributed by atoms with E-state index in [4.69, 9.17) is 0 Å². The maximum absolute atomic E-state index is 12.5. The number of rotatable bonds is 1. The van der Waals surface area contributed by atoms with Crippen LogP contribution in [0.25, 0.3) is 0 Å². The molecule has 4 heteroatoms. The van der Waals surface area contributed by atoms with E-state index in [-0.39, 0.29) is 12.0 Å². The highest BCUT2D eigenvalue weighted by Crippen LogP contribution is 2.37. The van der Waals surface area contributed by atoms with Crippen molar-refractivity contribution in [1.29, 1.82) is 0 Å². The van der Waals surface area contributed by atoms with Crippen LogP contribution in [0.4, 0.5) is 0 Å². The van der Waals surface area contributed by atoms with Gasteiger partial charge in [-0.05, 0) is 45.1 Å². The van der Waals surface area contributed by atoms with Crippen LogP contribution in [0.15, 0.2) is 0 Å². The van der Waals surface area contributed by atoms with Gasteiger partial charge in [0.25, 0.3) is 0 Å². The number of piperidine rings is 2. The van der Waals surface area contributed by atoms with Crippen LogP contribution in [0.2, 0.25) is 0 Å². The largest absolute Gasteiger partial charge is 0.393 e. The number of aliphatic hydroxyl groups excluding tert-OH is 1.